The van der Waals surface area contributed by atoms with Crippen LogP contribution in [0.25, 0.3) is 0 Å². The monoisotopic (exact) mass is 306 g/mol. The van der Waals surface area contributed by atoms with E-state index in [4.69, 9.17) is 9.47 Å². The Balaban J connectivity index is 2.16. The molecule has 1 heterocycles. The van der Waals surface area contributed by atoms with Gasteiger partial charge in [0.2, 0.25) is 5.91 Å². The van der Waals surface area contributed by atoms with Gasteiger partial charge in [0.05, 0.1) is 19.8 Å². The highest BCUT2D eigenvalue weighted by Gasteiger charge is 2.26. The number of ether oxygens (including phenoxy) is 2. The summed E-state index contributed by atoms with van der Waals surface area (Å²) < 4.78 is 11.4. The summed E-state index contributed by atoms with van der Waals surface area (Å²) in [5.74, 6) is 1.64. The molecule has 1 fully saturated rings. The fourth-order valence-corrected chi connectivity index (χ4v) is 2.59. The second kappa shape index (κ2) is 8.03. The maximum atomic E-state index is 11.8. The number of methoxy groups -OCH3 is 1. The van der Waals surface area contributed by atoms with E-state index in [1.54, 1.807) is 7.11 Å². The Morgan fingerprint density at radius 1 is 1.41 bits per heavy atom. The number of rotatable bonds is 7. The van der Waals surface area contributed by atoms with Gasteiger partial charge in [-0.1, -0.05) is 25.5 Å². The van der Waals surface area contributed by atoms with Gasteiger partial charge in [-0.15, -0.1) is 0 Å². The van der Waals surface area contributed by atoms with Gasteiger partial charge in [-0.3, -0.25) is 9.69 Å². The summed E-state index contributed by atoms with van der Waals surface area (Å²) in [6.07, 6.45) is 2.10. The van der Waals surface area contributed by atoms with Crippen molar-refractivity contribution >= 4 is 5.91 Å². The third-order valence-corrected chi connectivity index (χ3v) is 4.02. The fraction of sp³-hybridized carbons (Fsp3) is 0.588. The number of nitrogens with zero attached hydrogens (tertiary/aromatic N) is 1. The predicted molar refractivity (Wildman–Crippen MR) is 86.3 cm³/mol. The molecular formula is C17H26N2O3. The van der Waals surface area contributed by atoms with Crippen molar-refractivity contribution in [1.82, 2.24) is 10.2 Å². The van der Waals surface area contributed by atoms with Crippen molar-refractivity contribution in [3.63, 3.8) is 0 Å². The molecule has 5 heteroatoms. The van der Waals surface area contributed by atoms with E-state index in [1.165, 1.54) is 0 Å². The molecule has 0 aliphatic carbocycles. The maximum Gasteiger partial charge on any atom is 0.237 e. The van der Waals surface area contributed by atoms with E-state index in [2.05, 4.69) is 17.1 Å². The van der Waals surface area contributed by atoms with Crippen LogP contribution >= 0.6 is 0 Å². The molecule has 1 saturated heterocycles. The topological polar surface area (TPSA) is 50.8 Å². The lowest BCUT2D eigenvalue weighted by atomic mass is 10.1. The van der Waals surface area contributed by atoms with E-state index < -0.39 is 0 Å². The van der Waals surface area contributed by atoms with E-state index in [1.807, 2.05) is 25.1 Å². The second-order valence-electron chi connectivity index (χ2n) is 5.59. The van der Waals surface area contributed by atoms with E-state index in [0.717, 1.165) is 36.4 Å². The van der Waals surface area contributed by atoms with Crippen LogP contribution in [0.2, 0.25) is 0 Å². The van der Waals surface area contributed by atoms with Gasteiger partial charge < -0.3 is 14.8 Å². The number of carbonyl (C=O) groups is 1. The Labute approximate surface area is 132 Å². The van der Waals surface area contributed by atoms with E-state index in [0.29, 0.717) is 19.7 Å². The average molecular weight is 306 g/mol. The lowest BCUT2D eigenvalue weighted by Crippen LogP contribution is -2.53. The van der Waals surface area contributed by atoms with Gasteiger partial charge in [-0.05, 0) is 19.4 Å². The van der Waals surface area contributed by atoms with Gasteiger partial charge in [0.1, 0.15) is 0 Å². The van der Waals surface area contributed by atoms with Crippen molar-refractivity contribution in [2.24, 2.45) is 0 Å². The van der Waals surface area contributed by atoms with Crippen molar-refractivity contribution in [3.8, 4) is 11.5 Å². The molecule has 0 bridgehead atoms. The van der Waals surface area contributed by atoms with Crippen LogP contribution in [0.15, 0.2) is 18.2 Å². The van der Waals surface area contributed by atoms with Crippen LogP contribution in [-0.2, 0) is 11.3 Å². The van der Waals surface area contributed by atoms with Crippen LogP contribution < -0.4 is 14.8 Å². The fourth-order valence-electron chi connectivity index (χ4n) is 2.59. The number of hydrogen-bond acceptors (Lipinski definition) is 4. The predicted octanol–water partition coefficient (Wildman–Crippen LogP) is 2.19. The van der Waals surface area contributed by atoms with E-state index in [-0.39, 0.29) is 11.9 Å². The number of nitrogens with one attached hydrogen (secondary N) is 1. The lowest BCUT2D eigenvalue weighted by molar-refractivity contribution is -0.128. The lowest BCUT2D eigenvalue weighted by Gasteiger charge is -2.33. The SMILES string of the molecule is CCCCOc1c(CN2CCNC(=O)C2C)cccc1OC. The average Bonchev–Trinajstić information content (AvgIpc) is 2.53. The standard InChI is InChI=1S/C17H26N2O3/c1-4-5-11-22-16-14(7-6-8-15(16)21-3)12-19-10-9-18-17(20)13(19)2/h6-8,13H,4-5,9-12H2,1-3H3,(H,18,20). The van der Waals surface area contributed by atoms with Gasteiger partial charge in [-0.25, -0.2) is 0 Å². The van der Waals surface area contributed by atoms with Crippen LogP contribution in [-0.4, -0.2) is 43.7 Å². The Bertz CT molecular complexity index is 505. The summed E-state index contributed by atoms with van der Waals surface area (Å²) in [7, 11) is 1.66. The summed E-state index contributed by atoms with van der Waals surface area (Å²) >= 11 is 0. The van der Waals surface area contributed by atoms with Gasteiger partial charge in [0.25, 0.3) is 0 Å². The Morgan fingerprint density at radius 3 is 2.95 bits per heavy atom. The van der Waals surface area contributed by atoms with Crippen molar-refractivity contribution in [2.45, 2.75) is 39.3 Å². The highest BCUT2D eigenvalue weighted by atomic mass is 16.5. The summed E-state index contributed by atoms with van der Waals surface area (Å²) in [4.78, 5) is 14.0. The van der Waals surface area contributed by atoms with E-state index >= 15 is 0 Å². The smallest absolute Gasteiger partial charge is 0.237 e. The maximum absolute atomic E-state index is 11.8. The molecule has 5 nitrogen and oxygen atoms in total. The molecule has 22 heavy (non-hydrogen) atoms. The number of amides is 1. The Kier molecular flexibility index (Phi) is 6.07. The van der Waals surface area contributed by atoms with Crippen molar-refractivity contribution in [3.05, 3.63) is 23.8 Å². The summed E-state index contributed by atoms with van der Waals surface area (Å²) in [5, 5.41) is 2.89. The number of carbonyl (C=O) groups excluding carboxylic acids is 1. The third kappa shape index (κ3) is 3.91. The summed E-state index contributed by atoms with van der Waals surface area (Å²) in [6.45, 7) is 6.98. The molecule has 1 unspecified atom stereocenters. The first-order valence-corrected chi connectivity index (χ1v) is 7.97. The van der Waals surface area contributed by atoms with Gasteiger partial charge in [0.15, 0.2) is 11.5 Å². The molecule has 1 aromatic carbocycles. The molecule has 0 radical (unpaired) electrons. The van der Waals surface area contributed by atoms with Gasteiger partial charge in [0, 0.05) is 25.2 Å². The van der Waals surface area contributed by atoms with Crippen LogP contribution in [0.4, 0.5) is 0 Å². The Hall–Kier alpha value is -1.75. The molecule has 122 valence electrons. The number of para-hydroxylation sites is 1. The molecular weight excluding hydrogens is 280 g/mol. The highest BCUT2D eigenvalue weighted by molar-refractivity contribution is 5.82. The van der Waals surface area contributed by atoms with Crippen molar-refractivity contribution < 1.29 is 14.3 Å². The molecule has 1 aliphatic rings. The largest absolute Gasteiger partial charge is 0.493 e. The molecule has 1 atom stereocenters. The van der Waals surface area contributed by atoms with Crippen molar-refractivity contribution in [2.75, 3.05) is 26.8 Å². The minimum atomic E-state index is -0.122. The number of benzene rings is 1. The summed E-state index contributed by atoms with van der Waals surface area (Å²) in [6, 6.07) is 5.80. The molecule has 0 saturated carbocycles. The zero-order chi connectivity index (χ0) is 15.9. The minimum Gasteiger partial charge on any atom is -0.493 e. The molecule has 0 aromatic heterocycles. The first kappa shape index (κ1) is 16.6. The summed E-state index contributed by atoms with van der Waals surface area (Å²) in [5.41, 5.74) is 1.07. The molecule has 1 aromatic rings. The van der Waals surface area contributed by atoms with E-state index in [9.17, 15) is 4.79 Å². The first-order chi connectivity index (χ1) is 10.7. The normalized spacial score (nSPS) is 18.9. The molecule has 1 aliphatic heterocycles. The van der Waals surface area contributed by atoms with Crippen LogP contribution in [0, 0.1) is 0 Å². The zero-order valence-corrected chi connectivity index (χ0v) is 13.7. The van der Waals surface area contributed by atoms with Gasteiger partial charge in [-0.2, -0.15) is 0 Å². The van der Waals surface area contributed by atoms with Crippen molar-refractivity contribution in [1.29, 1.82) is 0 Å². The number of unbranched alkanes of at least 4 members (excludes halogenated alkanes) is 1. The molecule has 1 amide bonds. The second-order valence-corrected chi connectivity index (χ2v) is 5.59. The van der Waals surface area contributed by atoms with Crippen LogP contribution in [0.3, 0.4) is 0 Å². The molecule has 2 rings (SSSR count). The third-order valence-electron chi connectivity index (χ3n) is 4.02. The zero-order valence-electron chi connectivity index (χ0n) is 13.7. The molecule has 0 spiro atoms. The Morgan fingerprint density at radius 2 is 2.23 bits per heavy atom. The molecule has 1 N–H and O–H groups in total. The number of hydrogen-bond donors (Lipinski definition) is 1. The highest BCUT2D eigenvalue weighted by Crippen LogP contribution is 2.32. The minimum absolute atomic E-state index is 0.0857. The van der Waals surface area contributed by atoms with Crippen LogP contribution in [0.5, 0.6) is 11.5 Å². The van der Waals surface area contributed by atoms with Crippen LogP contribution in [0.1, 0.15) is 32.3 Å². The number of piperazine rings is 1. The quantitative estimate of drug-likeness (QED) is 0.785. The van der Waals surface area contributed by atoms with Gasteiger partial charge >= 0.3 is 0 Å². The first-order valence-electron chi connectivity index (χ1n) is 7.97.